The van der Waals surface area contributed by atoms with Crippen LogP contribution in [0.15, 0.2) is 37.9 Å². The second-order valence-electron chi connectivity index (χ2n) is 4.06. The summed E-state index contributed by atoms with van der Waals surface area (Å²) in [6, 6.07) is 10.4. The first-order valence-electron chi connectivity index (χ1n) is 5.93. The van der Waals surface area contributed by atoms with Crippen LogP contribution in [-0.4, -0.2) is 6.61 Å². The Balaban J connectivity index is 2.23. The summed E-state index contributed by atoms with van der Waals surface area (Å²) in [4.78, 5) is 0.162. The van der Waals surface area contributed by atoms with Gasteiger partial charge in [0.05, 0.1) is 19.0 Å². The van der Waals surface area contributed by atoms with Gasteiger partial charge in [-0.1, -0.05) is 35.0 Å². The van der Waals surface area contributed by atoms with Crippen LogP contribution >= 0.6 is 59.1 Å². The molecule has 1 nitrogen and oxygen atoms in total. The molecule has 1 unspecified atom stereocenters. The first-order valence-corrected chi connectivity index (χ1v) is 9.25. The van der Waals surface area contributed by atoms with Crippen molar-refractivity contribution in [2.24, 2.45) is 0 Å². The lowest BCUT2D eigenvalue weighted by atomic mass is 10.1. The quantitative estimate of drug-likeness (QED) is 0.452. The zero-order chi connectivity index (χ0) is 13.8. The van der Waals surface area contributed by atoms with E-state index < -0.39 is 0 Å². The highest BCUT2D eigenvalue weighted by atomic mass is 79.9. The molecule has 1 aromatic heterocycles. The Morgan fingerprint density at radius 2 is 2.05 bits per heavy atom. The van der Waals surface area contributed by atoms with Crippen molar-refractivity contribution in [1.29, 1.82) is 0 Å². The molecule has 0 saturated heterocycles. The first kappa shape index (κ1) is 15.5. The molecule has 0 bridgehead atoms. The Labute approximate surface area is 142 Å². The lowest BCUT2D eigenvalue weighted by Gasteiger charge is -2.12. The lowest BCUT2D eigenvalue weighted by molar-refractivity contribution is 0.317. The van der Waals surface area contributed by atoms with Gasteiger partial charge in [-0.3, -0.25) is 0 Å². The van der Waals surface area contributed by atoms with Crippen molar-refractivity contribution < 1.29 is 4.74 Å². The largest absolute Gasteiger partial charge is 0.494 e. The topological polar surface area (TPSA) is 9.23 Å². The van der Waals surface area contributed by atoms with Gasteiger partial charge in [0.2, 0.25) is 0 Å². The van der Waals surface area contributed by atoms with Crippen LogP contribution in [0.5, 0.6) is 5.75 Å². The summed E-state index contributed by atoms with van der Waals surface area (Å²) >= 11 is 12.6. The third-order valence-corrected chi connectivity index (χ3v) is 5.99. The third kappa shape index (κ3) is 4.06. The van der Waals surface area contributed by atoms with Crippen molar-refractivity contribution in [2.45, 2.75) is 18.2 Å². The van der Waals surface area contributed by atoms with Gasteiger partial charge < -0.3 is 4.74 Å². The number of rotatable bonds is 5. The van der Waals surface area contributed by atoms with Gasteiger partial charge in [0, 0.05) is 0 Å². The summed E-state index contributed by atoms with van der Waals surface area (Å²) < 4.78 is 7.94. The first-order chi connectivity index (χ1) is 9.11. The molecule has 102 valence electrons. The number of hydrogen-bond acceptors (Lipinski definition) is 2. The van der Waals surface area contributed by atoms with E-state index in [2.05, 4.69) is 72.9 Å². The predicted octanol–water partition coefficient (Wildman–Crippen LogP) is 6.55. The number of ether oxygens (including phenoxy) is 1. The molecule has 5 heteroatoms. The summed E-state index contributed by atoms with van der Waals surface area (Å²) in [5.41, 5.74) is 2.42. The van der Waals surface area contributed by atoms with E-state index in [1.165, 1.54) is 11.1 Å². The Bertz CT molecular complexity index is 553. The van der Waals surface area contributed by atoms with E-state index in [0.717, 1.165) is 26.4 Å². The second-order valence-corrected chi connectivity index (χ2v) is 8.73. The van der Waals surface area contributed by atoms with Crippen LogP contribution in [-0.2, 0) is 0 Å². The fraction of sp³-hybridized carbons (Fsp3) is 0.286. The lowest BCUT2D eigenvalue weighted by Crippen LogP contribution is -1.97. The maximum atomic E-state index is 5.68. The maximum Gasteiger partial charge on any atom is 0.119 e. The van der Waals surface area contributed by atoms with Crippen LogP contribution in [0.2, 0.25) is 0 Å². The van der Waals surface area contributed by atoms with E-state index in [0.29, 0.717) is 0 Å². The van der Waals surface area contributed by atoms with Crippen molar-refractivity contribution in [3.8, 4) is 5.75 Å². The minimum Gasteiger partial charge on any atom is -0.494 e. The van der Waals surface area contributed by atoms with Crippen LogP contribution in [0.3, 0.4) is 0 Å². The Morgan fingerprint density at radius 3 is 2.68 bits per heavy atom. The normalized spacial score (nSPS) is 12.4. The van der Waals surface area contributed by atoms with Gasteiger partial charge in [0.25, 0.3) is 0 Å². The summed E-state index contributed by atoms with van der Waals surface area (Å²) in [5, 5.41) is 0. The SMILES string of the molecule is CCCOc1cccc(C(Br)c2cc(Br)sc2Br)c1. The van der Waals surface area contributed by atoms with Gasteiger partial charge in [0.15, 0.2) is 0 Å². The Morgan fingerprint density at radius 1 is 1.26 bits per heavy atom. The summed E-state index contributed by atoms with van der Waals surface area (Å²) in [7, 11) is 0. The van der Waals surface area contributed by atoms with Crippen LogP contribution in [0.4, 0.5) is 0 Å². The zero-order valence-corrected chi connectivity index (χ0v) is 15.9. The molecule has 0 aliphatic heterocycles. The van der Waals surface area contributed by atoms with Crippen molar-refractivity contribution >= 4 is 59.1 Å². The average Bonchev–Trinajstić information content (AvgIpc) is 2.75. The zero-order valence-electron chi connectivity index (χ0n) is 10.3. The van der Waals surface area contributed by atoms with Gasteiger partial charge in [-0.15, -0.1) is 11.3 Å². The molecule has 0 saturated carbocycles. The molecular formula is C14H13Br3OS. The van der Waals surface area contributed by atoms with E-state index in [-0.39, 0.29) is 4.83 Å². The van der Waals surface area contributed by atoms with E-state index >= 15 is 0 Å². The highest BCUT2D eigenvalue weighted by Crippen LogP contribution is 2.42. The van der Waals surface area contributed by atoms with E-state index in [9.17, 15) is 0 Å². The molecule has 0 aliphatic rings. The predicted molar refractivity (Wildman–Crippen MR) is 92.7 cm³/mol. The molecule has 0 fully saturated rings. The fourth-order valence-electron chi connectivity index (χ4n) is 1.69. The van der Waals surface area contributed by atoms with E-state index in [1.54, 1.807) is 11.3 Å². The smallest absolute Gasteiger partial charge is 0.119 e. The van der Waals surface area contributed by atoms with Crippen molar-refractivity contribution in [1.82, 2.24) is 0 Å². The number of thiophene rings is 1. The van der Waals surface area contributed by atoms with E-state index in [4.69, 9.17) is 4.74 Å². The summed E-state index contributed by atoms with van der Waals surface area (Å²) in [5.74, 6) is 0.925. The minimum atomic E-state index is 0.162. The maximum absolute atomic E-state index is 5.68. The van der Waals surface area contributed by atoms with Crippen LogP contribution < -0.4 is 4.74 Å². The standard InChI is InChI=1S/C14H13Br3OS/c1-2-6-18-10-5-3-4-9(7-10)13(16)11-8-12(15)19-14(11)17/h3-5,7-8,13H,2,6H2,1H3. The van der Waals surface area contributed by atoms with Gasteiger partial charge >= 0.3 is 0 Å². The highest BCUT2D eigenvalue weighted by Gasteiger charge is 2.16. The molecule has 0 radical (unpaired) electrons. The minimum absolute atomic E-state index is 0.162. The van der Waals surface area contributed by atoms with Crippen LogP contribution in [0.25, 0.3) is 0 Å². The van der Waals surface area contributed by atoms with Crippen LogP contribution in [0, 0.1) is 0 Å². The molecule has 1 aromatic carbocycles. The fourth-order valence-corrected chi connectivity index (χ4v) is 5.69. The molecule has 1 atom stereocenters. The van der Waals surface area contributed by atoms with Gasteiger partial charge in [-0.25, -0.2) is 0 Å². The molecule has 0 aliphatic carbocycles. The van der Waals surface area contributed by atoms with Crippen LogP contribution in [0.1, 0.15) is 29.3 Å². The third-order valence-electron chi connectivity index (χ3n) is 2.58. The van der Waals surface area contributed by atoms with E-state index in [1.807, 2.05) is 12.1 Å². The molecule has 0 N–H and O–H groups in total. The molecule has 2 aromatic rings. The number of alkyl halides is 1. The molecule has 2 rings (SSSR count). The number of benzene rings is 1. The van der Waals surface area contributed by atoms with Crippen molar-refractivity contribution in [3.63, 3.8) is 0 Å². The number of hydrogen-bond donors (Lipinski definition) is 0. The highest BCUT2D eigenvalue weighted by molar-refractivity contribution is 9.12. The monoisotopic (exact) mass is 466 g/mol. The average molecular weight is 469 g/mol. The van der Waals surface area contributed by atoms with Crippen molar-refractivity contribution in [2.75, 3.05) is 6.61 Å². The van der Waals surface area contributed by atoms with Gasteiger partial charge in [-0.05, 0) is 67.6 Å². The molecule has 0 spiro atoms. The van der Waals surface area contributed by atoms with Gasteiger partial charge in [0.1, 0.15) is 5.75 Å². The summed E-state index contributed by atoms with van der Waals surface area (Å²) in [6.45, 7) is 2.86. The number of halogens is 3. The van der Waals surface area contributed by atoms with Crippen molar-refractivity contribution in [3.05, 3.63) is 49.0 Å². The molecule has 0 amide bonds. The Kier molecular flexibility index (Phi) is 5.93. The molecular weight excluding hydrogens is 456 g/mol. The summed E-state index contributed by atoms with van der Waals surface area (Å²) in [6.07, 6.45) is 1.02. The molecule has 1 heterocycles. The Hall–Kier alpha value is 0.160. The second kappa shape index (κ2) is 7.25. The van der Waals surface area contributed by atoms with Gasteiger partial charge in [-0.2, -0.15) is 0 Å². The molecule has 19 heavy (non-hydrogen) atoms.